The van der Waals surface area contributed by atoms with Gasteiger partial charge in [-0.3, -0.25) is 4.79 Å². The second-order valence-corrected chi connectivity index (χ2v) is 5.87. The first-order chi connectivity index (χ1) is 11.8. The summed E-state index contributed by atoms with van der Waals surface area (Å²) in [7, 11) is 0. The highest BCUT2D eigenvalue weighted by molar-refractivity contribution is 6.35. The van der Waals surface area contributed by atoms with Gasteiger partial charge in [0.2, 0.25) is 0 Å². The molecule has 0 aromatic heterocycles. The lowest BCUT2D eigenvalue weighted by molar-refractivity contribution is -0.155. The van der Waals surface area contributed by atoms with Crippen LogP contribution in [-0.4, -0.2) is 24.6 Å². The SMILES string of the molecule is CC(OC(=O)COc1ccccc1F)C(=O)Nc1cc(Cl)cc(Cl)c1. The number of halogens is 3. The van der Waals surface area contributed by atoms with Crippen LogP contribution in [0.15, 0.2) is 42.5 Å². The number of ether oxygens (including phenoxy) is 2. The van der Waals surface area contributed by atoms with Gasteiger partial charge in [0.1, 0.15) is 0 Å². The van der Waals surface area contributed by atoms with Gasteiger partial charge in [0.25, 0.3) is 5.91 Å². The van der Waals surface area contributed by atoms with E-state index in [1.54, 1.807) is 6.07 Å². The molecule has 0 saturated heterocycles. The van der Waals surface area contributed by atoms with Gasteiger partial charge in [-0.1, -0.05) is 35.3 Å². The molecule has 132 valence electrons. The number of para-hydroxylation sites is 1. The molecular weight excluding hydrogens is 372 g/mol. The molecule has 2 aromatic rings. The van der Waals surface area contributed by atoms with Crippen molar-refractivity contribution in [3.05, 3.63) is 58.3 Å². The van der Waals surface area contributed by atoms with Gasteiger partial charge in [-0.05, 0) is 37.3 Å². The van der Waals surface area contributed by atoms with Gasteiger partial charge in [-0.25, -0.2) is 9.18 Å². The molecule has 25 heavy (non-hydrogen) atoms. The molecule has 0 radical (unpaired) electrons. The van der Waals surface area contributed by atoms with Crippen molar-refractivity contribution in [3.63, 3.8) is 0 Å². The Balaban J connectivity index is 1.85. The second kappa shape index (κ2) is 8.69. The predicted octanol–water partition coefficient (Wildman–Crippen LogP) is 4.08. The summed E-state index contributed by atoms with van der Waals surface area (Å²) in [5, 5.41) is 3.23. The van der Waals surface area contributed by atoms with Crippen molar-refractivity contribution in [2.24, 2.45) is 0 Å². The van der Waals surface area contributed by atoms with Gasteiger partial charge in [-0.2, -0.15) is 0 Å². The van der Waals surface area contributed by atoms with E-state index in [-0.39, 0.29) is 5.75 Å². The Morgan fingerprint density at radius 2 is 1.80 bits per heavy atom. The third kappa shape index (κ3) is 5.92. The van der Waals surface area contributed by atoms with Crippen molar-refractivity contribution >= 4 is 40.8 Å². The van der Waals surface area contributed by atoms with Crippen molar-refractivity contribution in [2.75, 3.05) is 11.9 Å². The zero-order valence-corrected chi connectivity index (χ0v) is 14.6. The van der Waals surface area contributed by atoms with Crippen LogP contribution in [-0.2, 0) is 14.3 Å². The molecule has 0 aliphatic carbocycles. The van der Waals surface area contributed by atoms with Crippen molar-refractivity contribution in [1.82, 2.24) is 0 Å². The van der Waals surface area contributed by atoms with Gasteiger partial charge >= 0.3 is 5.97 Å². The van der Waals surface area contributed by atoms with E-state index in [0.29, 0.717) is 15.7 Å². The number of hydrogen-bond acceptors (Lipinski definition) is 4. The van der Waals surface area contributed by atoms with Gasteiger partial charge in [0, 0.05) is 15.7 Å². The number of amides is 1. The average molecular weight is 386 g/mol. The van der Waals surface area contributed by atoms with Gasteiger partial charge < -0.3 is 14.8 Å². The monoisotopic (exact) mass is 385 g/mol. The van der Waals surface area contributed by atoms with Crippen LogP contribution in [0.1, 0.15) is 6.92 Å². The normalized spacial score (nSPS) is 11.5. The number of hydrogen-bond donors (Lipinski definition) is 1. The number of rotatable bonds is 6. The quantitative estimate of drug-likeness (QED) is 0.760. The molecule has 0 bridgehead atoms. The fourth-order valence-electron chi connectivity index (χ4n) is 1.85. The first kappa shape index (κ1) is 19.0. The minimum atomic E-state index is -1.09. The van der Waals surface area contributed by atoms with E-state index in [1.807, 2.05) is 0 Å². The first-order valence-electron chi connectivity index (χ1n) is 7.19. The molecular formula is C17H14Cl2FNO4. The van der Waals surface area contributed by atoms with Crippen molar-refractivity contribution in [1.29, 1.82) is 0 Å². The Hall–Kier alpha value is -2.31. The lowest BCUT2D eigenvalue weighted by atomic mass is 10.3. The second-order valence-electron chi connectivity index (χ2n) is 5.00. The van der Waals surface area contributed by atoms with Crippen molar-refractivity contribution < 1.29 is 23.5 Å². The standard InChI is InChI=1S/C17H14Cl2FNO4/c1-10(17(23)21-13-7-11(18)6-12(19)8-13)25-16(22)9-24-15-5-3-2-4-14(15)20/h2-8,10H,9H2,1H3,(H,21,23). The summed E-state index contributed by atoms with van der Waals surface area (Å²) in [4.78, 5) is 23.7. The average Bonchev–Trinajstić information content (AvgIpc) is 2.53. The molecule has 0 aliphatic heterocycles. The van der Waals surface area contributed by atoms with Crippen molar-refractivity contribution in [2.45, 2.75) is 13.0 Å². The zero-order chi connectivity index (χ0) is 18.4. The van der Waals surface area contributed by atoms with E-state index in [0.717, 1.165) is 0 Å². The molecule has 0 spiro atoms. The Labute approximate surface area is 153 Å². The van der Waals surface area contributed by atoms with E-state index in [9.17, 15) is 14.0 Å². The van der Waals surface area contributed by atoms with E-state index < -0.39 is 30.4 Å². The van der Waals surface area contributed by atoms with E-state index in [1.165, 1.54) is 43.3 Å². The van der Waals surface area contributed by atoms with Crippen LogP contribution in [0.2, 0.25) is 10.0 Å². The Morgan fingerprint density at radius 3 is 2.44 bits per heavy atom. The van der Waals surface area contributed by atoms with Gasteiger partial charge in [-0.15, -0.1) is 0 Å². The molecule has 0 saturated carbocycles. The van der Waals surface area contributed by atoms with E-state index >= 15 is 0 Å². The molecule has 1 unspecified atom stereocenters. The number of nitrogens with one attached hydrogen (secondary N) is 1. The Morgan fingerprint density at radius 1 is 1.16 bits per heavy atom. The summed E-state index contributed by atoms with van der Waals surface area (Å²) in [5.74, 6) is -2.06. The number of carbonyl (C=O) groups is 2. The van der Waals surface area contributed by atoms with Crippen LogP contribution in [0.3, 0.4) is 0 Å². The summed E-state index contributed by atoms with van der Waals surface area (Å²) in [6.07, 6.45) is -1.09. The summed E-state index contributed by atoms with van der Waals surface area (Å²) in [6, 6.07) is 10.2. The highest BCUT2D eigenvalue weighted by atomic mass is 35.5. The Kier molecular flexibility index (Phi) is 6.61. The highest BCUT2D eigenvalue weighted by Gasteiger charge is 2.19. The molecule has 8 heteroatoms. The van der Waals surface area contributed by atoms with Gasteiger partial charge in [0.05, 0.1) is 0 Å². The maximum absolute atomic E-state index is 13.4. The third-order valence-electron chi connectivity index (χ3n) is 2.99. The highest BCUT2D eigenvalue weighted by Crippen LogP contribution is 2.22. The maximum atomic E-state index is 13.4. The molecule has 2 aromatic carbocycles. The van der Waals surface area contributed by atoms with Crippen LogP contribution >= 0.6 is 23.2 Å². The lowest BCUT2D eigenvalue weighted by Gasteiger charge is -2.14. The topological polar surface area (TPSA) is 64.6 Å². The molecule has 5 nitrogen and oxygen atoms in total. The summed E-state index contributed by atoms with van der Waals surface area (Å²) in [6.45, 7) is 0.865. The van der Waals surface area contributed by atoms with Crippen molar-refractivity contribution in [3.8, 4) is 5.75 Å². The molecule has 1 atom stereocenters. The summed E-state index contributed by atoms with van der Waals surface area (Å²) < 4.78 is 23.3. The fraction of sp³-hybridized carbons (Fsp3) is 0.176. The predicted molar refractivity (Wildman–Crippen MR) is 92.5 cm³/mol. The molecule has 2 rings (SSSR count). The number of esters is 1. The first-order valence-corrected chi connectivity index (χ1v) is 7.94. The number of anilines is 1. The van der Waals surface area contributed by atoms with Gasteiger partial charge in [0.15, 0.2) is 24.3 Å². The van der Waals surface area contributed by atoms with Crippen LogP contribution < -0.4 is 10.1 Å². The Bertz CT molecular complexity index is 765. The fourth-order valence-corrected chi connectivity index (χ4v) is 2.38. The minimum Gasteiger partial charge on any atom is -0.479 e. The number of carbonyl (C=O) groups excluding carboxylic acids is 2. The van der Waals surface area contributed by atoms with E-state index in [4.69, 9.17) is 32.7 Å². The summed E-state index contributed by atoms with van der Waals surface area (Å²) in [5.41, 5.74) is 0.369. The molecule has 1 N–H and O–H groups in total. The van der Waals surface area contributed by atoms with Crippen LogP contribution in [0, 0.1) is 5.82 Å². The largest absolute Gasteiger partial charge is 0.479 e. The third-order valence-corrected chi connectivity index (χ3v) is 3.43. The van der Waals surface area contributed by atoms with Crippen LogP contribution in [0.5, 0.6) is 5.75 Å². The van der Waals surface area contributed by atoms with Crippen LogP contribution in [0.25, 0.3) is 0 Å². The van der Waals surface area contributed by atoms with Crippen LogP contribution in [0.4, 0.5) is 10.1 Å². The maximum Gasteiger partial charge on any atom is 0.344 e. The van der Waals surface area contributed by atoms with E-state index in [2.05, 4.69) is 5.32 Å². The number of benzene rings is 2. The summed E-state index contributed by atoms with van der Waals surface area (Å²) >= 11 is 11.7. The smallest absolute Gasteiger partial charge is 0.344 e. The molecule has 0 heterocycles. The molecule has 0 fully saturated rings. The minimum absolute atomic E-state index is 0.0786. The lowest BCUT2D eigenvalue weighted by Crippen LogP contribution is -2.31. The molecule has 0 aliphatic rings. The zero-order valence-electron chi connectivity index (χ0n) is 13.1. The molecule has 1 amide bonds.